The molecule has 9 heteroatoms. The number of rotatable bonds is 7. The minimum Gasteiger partial charge on any atom is -0.342 e. The molecule has 1 N–H and O–H groups in total. The van der Waals surface area contributed by atoms with Crippen LogP contribution >= 0.6 is 11.3 Å². The van der Waals surface area contributed by atoms with E-state index in [1.54, 1.807) is 29.3 Å². The van der Waals surface area contributed by atoms with Crippen LogP contribution in [-0.2, 0) is 16.0 Å². The van der Waals surface area contributed by atoms with Crippen molar-refractivity contribution in [2.75, 3.05) is 18.4 Å². The van der Waals surface area contributed by atoms with E-state index < -0.39 is 10.8 Å². The number of aryl methyl sites for hydroxylation is 1. The molecule has 2 heterocycles. The summed E-state index contributed by atoms with van der Waals surface area (Å²) in [6, 6.07) is 14.9. The molecular formula is C23H22N4O4S. The third-order valence-electron chi connectivity index (χ3n) is 5.53. The third kappa shape index (κ3) is 4.83. The highest BCUT2D eigenvalue weighted by Crippen LogP contribution is 2.30. The lowest BCUT2D eigenvalue weighted by molar-refractivity contribution is -0.385. The number of carbonyl (C=O) groups is 2. The molecular weight excluding hydrogens is 428 g/mol. The quantitative estimate of drug-likeness (QED) is 0.432. The van der Waals surface area contributed by atoms with Gasteiger partial charge >= 0.3 is 0 Å². The van der Waals surface area contributed by atoms with Gasteiger partial charge in [0, 0.05) is 42.1 Å². The zero-order chi connectivity index (χ0) is 22.7. The van der Waals surface area contributed by atoms with Gasteiger partial charge < -0.3 is 10.2 Å². The Morgan fingerprint density at radius 1 is 1.28 bits per heavy atom. The fourth-order valence-electron chi connectivity index (χ4n) is 3.71. The molecule has 0 spiro atoms. The minimum atomic E-state index is -0.425. The summed E-state index contributed by atoms with van der Waals surface area (Å²) in [4.78, 5) is 41.9. The first kappa shape index (κ1) is 21.6. The summed E-state index contributed by atoms with van der Waals surface area (Å²) in [6.07, 6.45) is 0.933. The Bertz CT molecular complexity index is 1160. The number of carbonyl (C=O) groups excluding carboxylic acids is 2. The van der Waals surface area contributed by atoms with Crippen molar-refractivity contribution in [1.82, 2.24) is 9.88 Å². The number of nitro benzene ring substituents is 1. The van der Waals surface area contributed by atoms with Crippen molar-refractivity contribution in [3.63, 3.8) is 0 Å². The Labute approximate surface area is 189 Å². The summed E-state index contributed by atoms with van der Waals surface area (Å²) in [6.45, 7) is 2.65. The highest BCUT2D eigenvalue weighted by molar-refractivity contribution is 7.14. The third-order valence-corrected chi connectivity index (χ3v) is 6.29. The molecule has 32 heavy (non-hydrogen) atoms. The van der Waals surface area contributed by atoms with Crippen LogP contribution in [0.2, 0.25) is 0 Å². The lowest BCUT2D eigenvalue weighted by Crippen LogP contribution is -2.30. The van der Waals surface area contributed by atoms with Gasteiger partial charge in [-0.15, -0.1) is 11.3 Å². The van der Waals surface area contributed by atoms with Gasteiger partial charge in [0.15, 0.2) is 5.13 Å². The lowest BCUT2D eigenvalue weighted by Gasteiger charge is -2.16. The molecule has 164 valence electrons. The molecule has 1 fully saturated rings. The number of likely N-dealkylation sites (tertiary alicyclic amines) is 1. The second-order valence-corrected chi connectivity index (χ2v) is 8.62. The van der Waals surface area contributed by atoms with E-state index in [-0.39, 0.29) is 23.9 Å². The highest BCUT2D eigenvalue weighted by atomic mass is 32.1. The Kier molecular flexibility index (Phi) is 6.27. The van der Waals surface area contributed by atoms with Crippen molar-refractivity contribution in [3.8, 4) is 11.3 Å². The van der Waals surface area contributed by atoms with E-state index in [1.165, 1.54) is 17.4 Å². The number of aromatic nitrogens is 1. The summed E-state index contributed by atoms with van der Waals surface area (Å²) >= 11 is 1.25. The molecule has 1 saturated heterocycles. The molecule has 8 nitrogen and oxygen atoms in total. The average Bonchev–Trinajstić information content (AvgIpc) is 3.40. The first-order chi connectivity index (χ1) is 15.4. The number of nitrogens with one attached hydrogen (secondary N) is 1. The van der Waals surface area contributed by atoms with Gasteiger partial charge in [-0.3, -0.25) is 19.7 Å². The predicted octanol–water partition coefficient (Wildman–Crippen LogP) is 4.06. The lowest BCUT2D eigenvalue weighted by atomic mass is 10.1. The molecule has 1 unspecified atom stereocenters. The van der Waals surface area contributed by atoms with Crippen LogP contribution in [0.3, 0.4) is 0 Å². The fourth-order valence-corrected chi connectivity index (χ4v) is 4.43. The summed E-state index contributed by atoms with van der Waals surface area (Å²) < 4.78 is 0. The number of hydrogen-bond acceptors (Lipinski definition) is 6. The van der Waals surface area contributed by atoms with E-state index in [9.17, 15) is 19.7 Å². The van der Waals surface area contributed by atoms with Gasteiger partial charge in [-0.2, -0.15) is 0 Å². The Balaban J connectivity index is 1.37. The SMILES string of the molecule is Cc1ccc(-c2csc(NC(=O)C3CC(=O)N(CCc4ccccc4)C3)n2)cc1[N+](=O)[O-]. The van der Waals surface area contributed by atoms with E-state index in [0.29, 0.717) is 35.0 Å². The average molecular weight is 451 g/mol. The molecule has 3 aromatic rings. The molecule has 1 aromatic heterocycles. The number of benzene rings is 2. The van der Waals surface area contributed by atoms with Crippen LogP contribution in [0.25, 0.3) is 11.3 Å². The van der Waals surface area contributed by atoms with Crippen LogP contribution in [-0.4, -0.2) is 39.7 Å². The van der Waals surface area contributed by atoms with E-state index in [4.69, 9.17) is 0 Å². The van der Waals surface area contributed by atoms with Crippen LogP contribution in [0.5, 0.6) is 0 Å². The van der Waals surface area contributed by atoms with Crippen molar-refractivity contribution < 1.29 is 14.5 Å². The largest absolute Gasteiger partial charge is 0.342 e. The van der Waals surface area contributed by atoms with Crippen LogP contribution in [0, 0.1) is 23.0 Å². The number of nitrogens with zero attached hydrogens (tertiary/aromatic N) is 3. The summed E-state index contributed by atoms with van der Waals surface area (Å²) in [5, 5.41) is 16.1. The van der Waals surface area contributed by atoms with Gasteiger partial charge in [0.1, 0.15) is 0 Å². The van der Waals surface area contributed by atoms with E-state index >= 15 is 0 Å². The number of amides is 2. The monoisotopic (exact) mass is 450 g/mol. The summed E-state index contributed by atoms with van der Waals surface area (Å²) in [5.41, 5.74) is 2.92. The topological polar surface area (TPSA) is 105 Å². The van der Waals surface area contributed by atoms with Crippen LogP contribution < -0.4 is 5.32 Å². The van der Waals surface area contributed by atoms with Crippen LogP contribution in [0.15, 0.2) is 53.9 Å². The van der Waals surface area contributed by atoms with Gasteiger partial charge in [0.25, 0.3) is 5.69 Å². The van der Waals surface area contributed by atoms with Gasteiger partial charge in [-0.25, -0.2) is 4.98 Å². The van der Waals surface area contributed by atoms with Crippen molar-refractivity contribution in [1.29, 1.82) is 0 Å². The number of hydrogen-bond donors (Lipinski definition) is 1. The Morgan fingerprint density at radius 2 is 2.06 bits per heavy atom. The van der Waals surface area contributed by atoms with E-state index in [0.717, 1.165) is 12.0 Å². The van der Waals surface area contributed by atoms with Gasteiger partial charge in [-0.1, -0.05) is 42.5 Å². The Morgan fingerprint density at radius 3 is 2.81 bits per heavy atom. The second-order valence-electron chi connectivity index (χ2n) is 7.76. The fraction of sp³-hybridized carbons (Fsp3) is 0.261. The number of thiazole rings is 1. The molecule has 0 radical (unpaired) electrons. The molecule has 1 aliphatic heterocycles. The highest BCUT2D eigenvalue weighted by Gasteiger charge is 2.34. The maximum atomic E-state index is 12.7. The normalized spacial score (nSPS) is 15.7. The van der Waals surface area contributed by atoms with Gasteiger partial charge in [-0.05, 0) is 18.9 Å². The molecule has 2 amide bonds. The molecule has 4 rings (SSSR count). The van der Waals surface area contributed by atoms with Crippen LogP contribution in [0.1, 0.15) is 17.5 Å². The predicted molar refractivity (Wildman–Crippen MR) is 122 cm³/mol. The van der Waals surface area contributed by atoms with Gasteiger partial charge in [0.05, 0.1) is 16.5 Å². The maximum Gasteiger partial charge on any atom is 0.272 e. The molecule has 1 atom stereocenters. The zero-order valence-corrected chi connectivity index (χ0v) is 18.3. The van der Waals surface area contributed by atoms with Crippen LogP contribution in [0.4, 0.5) is 10.8 Å². The van der Waals surface area contributed by atoms with Crippen molar-refractivity contribution in [2.45, 2.75) is 19.8 Å². The number of nitro groups is 1. The first-order valence-corrected chi connectivity index (χ1v) is 11.1. The first-order valence-electron chi connectivity index (χ1n) is 10.2. The molecule has 0 saturated carbocycles. The van der Waals surface area contributed by atoms with Crippen molar-refractivity contribution in [2.24, 2.45) is 5.92 Å². The van der Waals surface area contributed by atoms with E-state index in [1.807, 2.05) is 30.3 Å². The molecule has 2 aromatic carbocycles. The standard InChI is InChI=1S/C23H22N4O4S/c1-15-7-8-17(11-20(15)27(30)31)19-14-32-23(24-19)25-22(29)18-12-21(28)26(13-18)10-9-16-5-3-2-4-6-16/h2-8,11,14,18H,9-10,12-13H2,1H3,(H,24,25,29). The summed E-state index contributed by atoms with van der Waals surface area (Å²) in [7, 11) is 0. The number of anilines is 1. The van der Waals surface area contributed by atoms with Crippen molar-refractivity contribution in [3.05, 3.63) is 75.2 Å². The van der Waals surface area contributed by atoms with Gasteiger partial charge in [0.2, 0.25) is 11.8 Å². The smallest absolute Gasteiger partial charge is 0.272 e. The maximum absolute atomic E-state index is 12.7. The second kappa shape index (κ2) is 9.27. The Hall–Kier alpha value is -3.59. The minimum absolute atomic E-state index is 0.0205. The molecule has 0 aliphatic carbocycles. The summed E-state index contributed by atoms with van der Waals surface area (Å²) in [5.74, 6) is -0.685. The zero-order valence-electron chi connectivity index (χ0n) is 17.5. The van der Waals surface area contributed by atoms with E-state index in [2.05, 4.69) is 10.3 Å². The molecule has 1 aliphatic rings. The van der Waals surface area contributed by atoms with Crippen molar-refractivity contribution >= 4 is 34.0 Å². The molecule has 0 bridgehead atoms.